The minimum absolute atomic E-state index is 0.187. The van der Waals surface area contributed by atoms with E-state index in [1.54, 1.807) is 0 Å². The zero-order valence-electron chi connectivity index (χ0n) is 13.0. The Morgan fingerprint density at radius 2 is 1.70 bits per heavy atom. The molecule has 3 rings (SSSR count). The van der Waals surface area contributed by atoms with Crippen molar-refractivity contribution in [1.29, 1.82) is 0 Å². The van der Waals surface area contributed by atoms with Crippen molar-refractivity contribution in [2.75, 3.05) is 26.2 Å². The molecule has 0 saturated carbocycles. The highest BCUT2D eigenvalue weighted by Gasteiger charge is 2.36. The smallest absolute Gasteiger partial charge is 0.0459 e. The average Bonchev–Trinajstić information content (AvgIpc) is 2.76. The molecule has 1 aliphatic heterocycles. The molecule has 2 atom stereocenters. The van der Waals surface area contributed by atoms with Gasteiger partial charge in [-0.25, -0.2) is 0 Å². The summed E-state index contributed by atoms with van der Waals surface area (Å²) in [7, 11) is 0. The van der Waals surface area contributed by atoms with Crippen LogP contribution in [-0.2, 0) is 6.42 Å². The SMILES string of the molecule is CC(C)(C)N1CCN(C2Cc3ccccc3C2N)CC1. The first kappa shape index (κ1) is 14.1. The Kier molecular flexibility index (Phi) is 3.61. The van der Waals surface area contributed by atoms with Gasteiger partial charge in [0.05, 0.1) is 0 Å². The first-order valence-electron chi connectivity index (χ1n) is 7.79. The Bertz CT molecular complexity index is 469. The third-order valence-electron chi connectivity index (χ3n) is 4.99. The highest BCUT2D eigenvalue weighted by atomic mass is 15.3. The first-order chi connectivity index (χ1) is 9.47. The van der Waals surface area contributed by atoms with Crippen LogP contribution in [0.2, 0.25) is 0 Å². The van der Waals surface area contributed by atoms with Crippen LogP contribution in [0.3, 0.4) is 0 Å². The van der Waals surface area contributed by atoms with E-state index in [1.165, 1.54) is 11.1 Å². The lowest BCUT2D eigenvalue weighted by molar-refractivity contribution is 0.0387. The van der Waals surface area contributed by atoms with Crippen LogP contribution in [0.25, 0.3) is 0 Å². The fraction of sp³-hybridized carbons (Fsp3) is 0.647. The molecule has 0 aromatic heterocycles. The van der Waals surface area contributed by atoms with Crippen molar-refractivity contribution in [1.82, 2.24) is 9.80 Å². The van der Waals surface area contributed by atoms with Crippen molar-refractivity contribution in [2.24, 2.45) is 5.73 Å². The second kappa shape index (κ2) is 5.14. The first-order valence-corrected chi connectivity index (χ1v) is 7.79. The fourth-order valence-corrected chi connectivity index (χ4v) is 3.69. The van der Waals surface area contributed by atoms with Gasteiger partial charge in [0, 0.05) is 43.8 Å². The van der Waals surface area contributed by atoms with E-state index < -0.39 is 0 Å². The van der Waals surface area contributed by atoms with Gasteiger partial charge >= 0.3 is 0 Å². The van der Waals surface area contributed by atoms with Crippen LogP contribution < -0.4 is 5.73 Å². The number of piperazine rings is 1. The number of fused-ring (bicyclic) bond motifs is 1. The highest BCUT2D eigenvalue weighted by Crippen LogP contribution is 2.33. The zero-order valence-corrected chi connectivity index (χ0v) is 13.0. The third kappa shape index (κ3) is 2.50. The average molecular weight is 273 g/mol. The summed E-state index contributed by atoms with van der Waals surface area (Å²) < 4.78 is 0. The molecule has 20 heavy (non-hydrogen) atoms. The molecule has 2 N–H and O–H groups in total. The molecular weight excluding hydrogens is 246 g/mol. The van der Waals surface area contributed by atoms with Gasteiger partial charge in [0.25, 0.3) is 0 Å². The summed E-state index contributed by atoms with van der Waals surface area (Å²) in [5, 5.41) is 0. The number of hydrogen-bond acceptors (Lipinski definition) is 3. The summed E-state index contributed by atoms with van der Waals surface area (Å²) in [6.07, 6.45) is 1.12. The van der Waals surface area contributed by atoms with Crippen molar-refractivity contribution >= 4 is 0 Å². The molecular formula is C17H27N3. The number of hydrogen-bond donors (Lipinski definition) is 1. The second-order valence-corrected chi connectivity index (χ2v) is 7.19. The molecule has 0 amide bonds. The largest absolute Gasteiger partial charge is 0.323 e. The van der Waals surface area contributed by atoms with Crippen LogP contribution in [0.4, 0.5) is 0 Å². The highest BCUT2D eigenvalue weighted by molar-refractivity contribution is 5.36. The van der Waals surface area contributed by atoms with E-state index >= 15 is 0 Å². The van der Waals surface area contributed by atoms with Gasteiger partial charge in [-0.2, -0.15) is 0 Å². The lowest BCUT2D eigenvalue weighted by atomic mass is 10.0. The summed E-state index contributed by atoms with van der Waals surface area (Å²) in [6.45, 7) is 11.5. The van der Waals surface area contributed by atoms with E-state index in [0.717, 1.165) is 32.6 Å². The molecule has 2 aliphatic rings. The molecule has 2 unspecified atom stereocenters. The molecule has 3 nitrogen and oxygen atoms in total. The predicted molar refractivity (Wildman–Crippen MR) is 83.8 cm³/mol. The van der Waals surface area contributed by atoms with Crippen LogP contribution in [0.15, 0.2) is 24.3 Å². The zero-order chi connectivity index (χ0) is 14.3. The lowest BCUT2D eigenvalue weighted by Gasteiger charge is -2.44. The molecule has 110 valence electrons. The number of benzene rings is 1. The number of nitrogens with two attached hydrogens (primary N) is 1. The van der Waals surface area contributed by atoms with Gasteiger partial charge in [-0.05, 0) is 38.3 Å². The number of rotatable bonds is 1. The molecule has 0 spiro atoms. The standard InChI is InChI=1S/C17H27N3/c1-17(2,3)20-10-8-19(9-11-20)15-12-13-6-4-5-7-14(13)16(15)18/h4-7,15-16H,8-12,18H2,1-3H3. The van der Waals surface area contributed by atoms with Crippen LogP contribution in [-0.4, -0.2) is 47.6 Å². The van der Waals surface area contributed by atoms with E-state index in [9.17, 15) is 0 Å². The molecule has 3 heteroatoms. The predicted octanol–water partition coefficient (Wildman–Crippen LogP) is 2.03. The van der Waals surface area contributed by atoms with Gasteiger partial charge in [0.1, 0.15) is 0 Å². The second-order valence-electron chi connectivity index (χ2n) is 7.19. The maximum absolute atomic E-state index is 6.49. The van der Waals surface area contributed by atoms with E-state index in [-0.39, 0.29) is 11.6 Å². The maximum atomic E-state index is 6.49. The van der Waals surface area contributed by atoms with Crippen molar-refractivity contribution in [3.63, 3.8) is 0 Å². The molecule has 0 bridgehead atoms. The Balaban J connectivity index is 1.66. The van der Waals surface area contributed by atoms with Crippen LogP contribution >= 0.6 is 0 Å². The topological polar surface area (TPSA) is 32.5 Å². The third-order valence-corrected chi connectivity index (χ3v) is 4.99. The van der Waals surface area contributed by atoms with Crippen LogP contribution in [0.1, 0.15) is 37.9 Å². The summed E-state index contributed by atoms with van der Waals surface area (Å²) in [6, 6.07) is 9.36. The molecule has 1 aromatic carbocycles. The molecule has 0 radical (unpaired) electrons. The van der Waals surface area contributed by atoms with Gasteiger partial charge in [-0.1, -0.05) is 24.3 Å². The van der Waals surface area contributed by atoms with Crippen molar-refractivity contribution in [2.45, 2.75) is 44.8 Å². The van der Waals surface area contributed by atoms with Gasteiger partial charge < -0.3 is 5.73 Å². The number of nitrogens with zero attached hydrogens (tertiary/aromatic N) is 2. The summed E-state index contributed by atoms with van der Waals surface area (Å²) in [4.78, 5) is 5.18. The van der Waals surface area contributed by atoms with E-state index in [2.05, 4.69) is 54.8 Å². The summed E-state index contributed by atoms with van der Waals surface area (Å²) >= 11 is 0. The van der Waals surface area contributed by atoms with Crippen molar-refractivity contribution in [3.05, 3.63) is 35.4 Å². The van der Waals surface area contributed by atoms with Gasteiger partial charge in [0.2, 0.25) is 0 Å². The lowest BCUT2D eigenvalue weighted by Crippen LogP contribution is -2.56. The van der Waals surface area contributed by atoms with E-state index in [4.69, 9.17) is 5.73 Å². The Hall–Kier alpha value is -0.900. The van der Waals surface area contributed by atoms with Crippen LogP contribution in [0, 0.1) is 0 Å². The normalized spacial score (nSPS) is 28.6. The van der Waals surface area contributed by atoms with Gasteiger partial charge in [-0.3, -0.25) is 9.80 Å². The Morgan fingerprint density at radius 1 is 1.05 bits per heavy atom. The maximum Gasteiger partial charge on any atom is 0.0459 e. The van der Waals surface area contributed by atoms with Gasteiger partial charge in [-0.15, -0.1) is 0 Å². The molecule has 1 heterocycles. The monoisotopic (exact) mass is 273 g/mol. The Labute approximate surface area is 122 Å². The molecule has 1 aromatic rings. The van der Waals surface area contributed by atoms with E-state index in [0.29, 0.717) is 6.04 Å². The molecule has 1 aliphatic carbocycles. The summed E-state index contributed by atoms with van der Waals surface area (Å²) in [5.74, 6) is 0. The summed E-state index contributed by atoms with van der Waals surface area (Å²) in [5.41, 5.74) is 9.58. The molecule has 1 fully saturated rings. The van der Waals surface area contributed by atoms with Crippen LogP contribution in [0.5, 0.6) is 0 Å². The minimum atomic E-state index is 0.187. The Morgan fingerprint density at radius 3 is 2.30 bits per heavy atom. The van der Waals surface area contributed by atoms with Gasteiger partial charge in [0.15, 0.2) is 0 Å². The molecule has 1 saturated heterocycles. The van der Waals surface area contributed by atoms with Crippen molar-refractivity contribution < 1.29 is 0 Å². The fourth-order valence-electron chi connectivity index (χ4n) is 3.69. The minimum Gasteiger partial charge on any atom is -0.323 e. The quantitative estimate of drug-likeness (QED) is 0.850. The van der Waals surface area contributed by atoms with Crippen molar-refractivity contribution in [3.8, 4) is 0 Å². The van der Waals surface area contributed by atoms with E-state index in [1.807, 2.05) is 0 Å².